The first-order valence-corrected chi connectivity index (χ1v) is 9.54. The van der Waals surface area contributed by atoms with Gasteiger partial charge < -0.3 is 9.47 Å². The second kappa shape index (κ2) is 7.49. The van der Waals surface area contributed by atoms with Crippen LogP contribution in [-0.2, 0) is 13.2 Å². The summed E-state index contributed by atoms with van der Waals surface area (Å²) in [6.45, 7) is 1.87. The minimum atomic E-state index is -4.51. The lowest BCUT2D eigenvalue weighted by Crippen LogP contribution is -2.28. The molecule has 1 fully saturated rings. The van der Waals surface area contributed by atoms with Crippen LogP contribution in [-0.4, -0.2) is 39.6 Å². The van der Waals surface area contributed by atoms with Crippen LogP contribution in [0.1, 0.15) is 18.9 Å². The van der Waals surface area contributed by atoms with Crippen LogP contribution < -0.4 is 4.90 Å². The minimum Gasteiger partial charge on any atom is -0.356 e. The van der Waals surface area contributed by atoms with E-state index in [1.165, 1.54) is 18.0 Å². The predicted molar refractivity (Wildman–Crippen MR) is 94.2 cm³/mol. The highest BCUT2D eigenvalue weighted by molar-refractivity contribution is 7.99. The Morgan fingerprint density at radius 3 is 2.43 bits per heavy atom. The molecular weight excluding hydrogens is 406 g/mol. The highest BCUT2D eigenvalue weighted by Gasteiger charge is 2.44. The zero-order chi connectivity index (χ0) is 20.7. The standard InChI is InChI=1S/C17H18F6N4S/c1-3-28-12-6-11(17(21,22)23)7-24-14(12)15-25-8-13(26(15)2)27-5-4-10(9-27)16(18,19)20/h6-8,10H,3-5,9H2,1-2H3. The molecule has 0 saturated carbocycles. The largest absolute Gasteiger partial charge is 0.417 e. The normalized spacial score (nSPS) is 18.1. The summed E-state index contributed by atoms with van der Waals surface area (Å²) in [6.07, 6.45) is -6.58. The first-order valence-electron chi connectivity index (χ1n) is 8.56. The van der Waals surface area contributed by atoms with Gasteiger partial charge in [0, 0.05) is 31.2 Å². The average Bonchev–Trinajstić information content (AvgIpc) is 3.21. The quantitative estimate of drug-likeness (QED) is 0.511. The molecule has 0 aliphatic carbocycles. The lowest BCUT2D eigenvalue weighted by atomic mass is 10.1. The van der Waals surface area contributed by atoms with E-state index in [1.807, 2.05) is 0 Å². The van der Waals surface area contributed by atoms with Crippen molar-refractivity contribution >= 4 is 17.6 Å². The Kier molecular flexibility index (Phi) is 5.57. The molecule has 1 atom stereocenters. The van der Waals surface area contributed by atoms with Gasteiger partial charge in [-0.2, -0.15) is 26.3 Å². The molecule has 2 aromatic rings. The van der Waals surface area contributed by atoms with Crippen molar-refractivity contribution in [2.45, 2.75) is 30.6 Å². The highest BCUT2D eigenvalue weighted by atomic mass is 32.2. The molecule has 1 aliphatic heterocycles. The van der Waals surface area contributed by atoms with E-state index in [0.717, 1.165) is 12.3 Å². The Hall–Kier alpha value is -1.91. The van der Waals surface area contributed by atoms with E-state index in [1.54, 1.807) is 23.4 Å². The van der Waals surface area contributed by atoms with Crippen LogP contribution in [0.5, 0.6) is 0 Å². The maximum absolute atomic E-state index is 13.0. The van der Waals surface area contributed by atoms with Gasteiger partial charge in [-0.15, -0.1) is 11.8 Å². The first-order chi connectivity index (χ1) is 13.0. The van der Waals surface area contributed by atoms with Crippen molar-refractivity contribution in [2.75, 3.05) is 23.7 Å². The molecule has 154 valence electrons. The highest BCUT2D eigenvalue weighted by Crippen LogP contribution is 2.38. The molecule has 11 heteroatoms. The summed E-state index contributed by atoms with van der Waals surface area (Å²) < 4.78 is 79.4. The minimum absolute atomic E-state index is 0.000516. The molecule has 1 saturated heterocycles. The molecule has 3 heterocycles. The average molecular weight is 424 g/mol. The molecule has 0 aromatic carbocycles. The fourth-order valence-corrected chi connectivity index (χ4v) is 3.98. The molecule has 28 heavy (non-hydrogen) atoms. The van der Waals surface area contributed by atoms with Gasteiger partial charge in [-0.05, 0) is 18.2 Å². The van der Waals surface area contributed by atoms with E-state index in [9.17, 15) is 26.3 Å². The number of hydrogen-bond donors (Lipinski definition) is 0. The van der Waals surface area contributed by atoms with Crippen molar-refractivity contribution in [3.05, 3.63) is 24.0 Å². The van der Waals surface area contributed by atoms with Crippen LogP contribution in [0, 0.1) is 5.92 Å². The van der Waals surface area contributed by atoms with Crippen molar-refractivity contribution in [1.82, 2.24) is 14.5 Å². The van der Waals surface area contributed by atoms with Gasteiger partial charge in [0.1, 0.15) is 11.5 Å². The Morgan fingerprint density at radius 1 is 1.14 bits per heavy atom. The third-order valence-corrected chi connectivity index (χ3v) is 5.54. The summed E-state index contributed by atoms with van der Waals surface area (Å²) in [4.78, 5) is 10.1. The predicted octanol–water partition coefficient (Wildman–Crippen LogP) is 5.00. The molecule has 1 aliphatic rings. The van der Waals surface area contributed by atoms with Gasteiger partial charge in [-0.1, -0.05) is 6.92 Å². The number of anilines is 1. The Balaban J connectivity index is 1.94. The molecule has 0 radical (unpaired) electrons. The first kappa shape index (κ1) is 20.8. The zero-order valence-corrected chi connectivity index (χ0v) is 15.9. The van der Waals surface area contributed by atoms with E-state index in [-0.39, 0.29) is 25.2 Å². The van der Waals surface area contributed by atoms with Crippen molar-refractivity contribution < 1.29 is 26.3 Å². The summed E-state index contributed by atoms with van der Waals surface area (Å²) in [5, 5.41) is 0. The van der Waals surface area contributed by atoms with E-state index in [2.05, 4.69) is 9.97 Å². The topological polar surface area (TPSA) is 34.0 Å². The molecule has 1 unspecified atom stereocenters. The van der Waals surface area contributed by atoms with Gasteiger partial charge in [0.05, 0.1) is 17.7 Å². The van der Waals surface area contributed by atoms with Crippen molar-refractivity contribution in [2.24, 2.45) is 13.0 Å². The molecule has 4 nitrogen and oxygen atoms in total. The molecule has 2 aromatic heterocycles. The third-order valence-electron chi connectivity index (χ3n) is 4.63. The fraction of sp³-hybridized carbons (Fsp3) is 0.529. The number of aromatic nitrogens is 3. The van der Waals surface area contributed by atoms with Crippen molar-refractivity contribution in [3.63, 3.8) is 0 Å². The SMILES string of the molecule is CCSc1cc(C(F)(F)F)cnc1-c1ncc(N2CCC(C(F)(F)F)C2)n1C. The number of imidazole rings is 1. The summed E-state index contributed by atoms with van der Waals surface area (Å²) in [5.41, 5.74) is -0.575. The van der Waals surface area contributed by atoms with E-state index in [4.69, 9.17) is 0 Å². The van der Waals surface area contributed by atoms with Crippen LogP contribution in [0.15, 0.2) is 23.4 Å². The molecule has 0 spiro atoms. The molecule has 3 rings (SSSR count). The van der Waals surface area contributed by atoms with Crippen LogP contribution in [0.25, 0.3) is 11.5 Å². The molecule has 0 N–H and O–H groups in total. The van der Waals surface area contributed by atoms with E-state index >= 15 is 0 Å². The third kappa shape index (κ3) is 4.08. The van der Waals surface area contributed by atoms with E-state index < -0.39 is 23.8 Å². The Morgan fingerprint density at radius 2 is 1.86 bits per heavy atom. The lowest BCUT2D eigenvalue weighted by Gasteiger charge is -2.20. The Bertz CT molecular complexity index is 845. The number of nitrogens with zero attached hydrogens (tertiary/aromatic N) is 4. The molecule has 0 amide bonds. The lowest BCUT2D eigenvalue weighted by molar-refractivity contribution is -0.168. The number of rotatable bonds is 4. The van der Waals surface area contributed by atoms with Gasteiger partial charge >= 0.3 is 12.4 Å². The number of hydrogen-bond acceptors (Lipinski definition) is 4. The van der Waals surface area contributed by atoms with Gasteiger partial charge in [0.25, 0.3) is 0 Å². The number of alkyl halides is 6. The second-order valence-electron chi connectivity index (χ2n) is 6.47. The van der Waals surface area contributed by atoms with Crippen molar-refractivity contribution in [3.8, 4) is 11.5 Å². The summed E-state index contributed by atoms with van der Waals surface area (Å²) in [6, 6.07) is 1.03. The number of thioether (sulfide) groups is 1. The van der Waals surface area contributed by atoms with Gasteiger partial charge in [-0.25, -0.2) is 4.98 Å². The van der Waals surface area contributed by atoms with E-state index in [0.29, 0.717) is 22.3 Å². The number of halogens is 6. The summed E-state index contributed by atoms with van der Waals surface area (Å²) in [5.74, 6) is -0.0700. The van der Waals surface area contributed by atoms with Crippen molar-refractivity contribution in [1.29, 1.82) is 0 Å². The van der Waals surface area contributed by atoms with Gasteiger partial charge in [0.2, 0.25) is 0 Å². The van der Waals surface area contributed by atoms with Gasteiger partial charge in [0.15, 0.2) is 5.82 Å². The molecular formula is C17H18F6N4S. The summed E-state index contributed by atoms with van der Waals surface area (Å²) in [7, 11) is 1.62. The summed E-state index contributed by atoms with van der Waals surface area (Å²) >= 11 is 1.20. The number of pyridine rings is 1. The monoisotopic (exact) mass is 424 g/mol. The second-order valence-corrected chi connectivity index (χ2v) is 7.78. The maximum atomic E-state index is 13.0. The van der Waals surface area contributed by atoms with Crippen LogP contribution in [0.2, 0.25) is 0 Å². The van der Waals surface area contributed by atoms with Crippen LogP contribution in [0.4, 0.5) is 32.2 Å². The smallest absolute Gasteiger partial charge is 0.356 e. The van der Waals surface area contributed by atoms with Crippen LogP contribution in [0.3, 0.4) is 0 Å². The van der Waals surface area contributed by atoms with Crippen LogP contribution >= 0.6 is 11.8 Å². The fourth-order valence-electron chi connectivity index (χ4n) is 3.18. The Labute approximate surface area is 162 Å². The maximum Gasteiger partial charge on any atom is 0.417 e. The molecule has 0 bridgehead atoms. The van der Waals surface area contributed by atoms with Gasteiger partial charge in [-0.3, -0.25) is 4.98 Å². The zero-order valence-electron chi connectivity index (χ0n) is 15.1.